The number of nitrogens with two attached hydrogens (primary N) is 1. The van der Waals surface area contributed by atoms with Crippen LogP contribution in [0, 0.1) is 0 Å². The van der Waals surface area contributed by atoms with Crippen molar-refractivity contribution in [3.8, 4) is 11.3 Å². The van der Waals surface area contributed by atoms with Gasteiger partial charge in [0.1, 0.15) is 10.8 Å². The van der Waals surface area contributed by atoms with Gasteiger partial charge in [0, 0.05) is 23.4 Å². The normalized spacial score (nSPS) is 10.8. The SMILES string of the molecule is CSc1cc(N)nc(SCc2cc(-c3ccccc3)on2)n1. The Bertz CT molecular complexity index is 761. The molecule has 0 saturated heterocycles. The Morgan fingerprint density at radius 1 is 1.14 bits per heavy atom. The summed E-state index contributed by atoms with van der Waals surface area (Å²) in [6.45, 7) is 0. The van der Waals surface area contributed by atoms with Crippen LogP contribution in [-0.2, 0) is 5.75 Å². The van der Waals surface area contributed by atoms with E-state index in [9.17, 15) is 0 Å². The lowest BCUT2D eigenvalue weighted by Crippen LogP contribution is -1.96. The van der Waals surface area contributed by atoms with Gasteiger partial charge in [0.05, 0.1) is 5.69 Å². The summed E-state index contributed by atoms with van der Waals surface area (Å²) < 4.78 is 5.37. The van der Waals surface area contributed by atoms with Gasteiger partial charge < -0.3 is 10.3 Å². The van der Waals surface area contributed by atoms with Gasteiger partial charge >= 0.3 is 0 Å². The van der Waals surface area contributed by atoms with E-state index in [0.29, 0.717) is 16.7 Å². The molecule has 3 rings (SSSR count). The monoisotopic (exact) mass is 330 g/mol. The predicted molar refractivity (Wildman–Crippen MR) is 89.7 cm³/mol. The lowest BCUT2D eigenvalue weighted by Gasteiger charge is -2.02. The Morgan fingerprint density at radius 2 is 1.95 bits per heavy atom. The van der Waals surface area contributed by atoms with Crippen LogP contribution in [0.15, 0.2) is 57.2 Å². The summed E-state index contributed by atoms with van der Waals surface area (Å²) in [5.41, 5.74) is 7.63. The van der Waals surface area contributed by atoms with Crippen molar-refractivity contribution in [2.45, 2.75) is 15.9 Å². The standard InChI is InChI=1S/C15H14N4OS2/c1-21-14-8-13(16)17-15(18-14)22-9-11-7-12(20-19-11)10-5-3-2-4-6-10/h2-8H,9H2,1H3,(H2,16,17,18). The highest BCUT2D eigenvalue weighted by molar-refractivity contribution is 7.99. The van der Waals surface area contributed by atoms with Crippen molar-refractivity contribution >= 4 is 29.3 Å². The van der Waals surface area contributed by atoms with Crippen LogP contribution in [-0.4, -0.2) is 21.4 Å². The minimum absolute atomic E-state index is 0.479. The Labute approximate surface area is 136 Å². The summed E-state index contributed by atoms with van der Waals surface area (Å²) >= 11 is 3.03. The zero-order valence-electron chi connectivity index (χ0n) is 11.9. The van der Waals surface area contributed by atoms with E-state index in [1.165, 1.54) is 11.8 Å². The zero-order chi connectivity index (χ0) is 15.4. The first kappa shape index (κ1) is 14.9. The highest BCUT2D eigenvalue weighted by atomic mass is 32.2. The van der Waals surface area contributed by atoms with Crippen LogP contribution in [0.3, 0.4) is 0 Å². The molecule has 5 nitrogen and oxygen atoms in total. The van der Waals surface area contributed by atoms with Crippen molar-refractivity contribution in [1.29, 1.82) is 0 Å². The van der Waals surface area contributed by atoms with Crippen LogP contribution in [0.25, 0.3) is 11.3 Å². The first-order valence-corrected chi connectivity index (χ1v) is 8.78. The molecule has 0 unspecified atom stereocenters. The minimum atomic E-state index is 0.479. The molecule has 0 radical (unpaired) electrons. The van der Waals surface area contributed by atoms with E-state index >= 15 is 0 Å². The van der Waals surface area contributed by atoms with Gasteiger partial charge in [0.25, 0.3) is 0 Å². The van der Waals surface area contributed by atoms with Crippen LogP contribution < -0.4 is 5.73 Å². The Balaban J connectivity index is 1.70. The van der Waals surface area contributed by atoms with Gasteiger partial charge in [-0.3, -0.25) is 0 Å². The third-order valence-corrected chi connectivity index (χ3v) is 4.39. The molecule has 112 valence electrons. The first-order valence-electron chi connectivity index (χ1n) is 6.57. The van der Waals surface area contributed by atoms with Crippen molar-refractivity contribution in [2.75, 3.05) is 12.0 Å². The maximum absolute atomic E-state index is 5.77. The highest BCUT2D eigenvalue weighted by Gasteiger charge is 2.09. The van der Waals surface area contributed by atoms with Crippen molar-refractivity contribution in [2.24, 2.45) is 0 Å². The molecule has 2 heterocycles. The molecule has 2 N–H and O–H groups in total. The van der Waals surface area contributed by atoms with Gasteiger partial charge in [0.2, 0.25) is 0 Å². The van der Waals surface area contributed by atoms with E-state index < -0.39 is 0 Å². The van der Waals surface area contributed by atoms with E-state index in [2.05, 4.69) is 15.1 Å². The molecule has 22 heavy (non-hydrogen) atoms. The first-order chi connectivity index (χ1) is 10.7. The van der Waals surface area contributed by atoms with Gasteiger partial charge in [-0.25, -0.2) is 9.97 Å². The summed E-state index contributed by atoms with van der Waals surface area (Å²) in [6.07, 6.45) is 1.96. The summed E-state index contributed by atoms with van der Waals surface area (Å²) in [5, 5.41) is 5.59. The Kier molecular flexibility index (Phi) is 4.65. The molecule has 0 aliphatic heterocycles. The molecule has 3 aromatic rings. The smallest absolute Gasteiger partial charge is 0.190 e. The average molecular weight is 330 g/mol. The molecule has 0 amide bonds. The molecular formula is C15H14N4OS2. The number of rotatable bonds is 5. The van der Waals surface area contributed by atoms with Gasteiger partial charge in [-0.05, 0) is 6.26 Å². The van der Waals surface area contributed by atoms with Gasteiger partial charge in [0.15, 0.2) is 10.9 Å². The maximum atomic E-state index is 5.77. The molecule has 0 saturated carbocycles. The molecule has 1 aromatic carbocycles. The molecule has 0 bridgehead atoms. The number of aromatic nitrogens is 3. The largest absolute Gasteiger partial charge is 0.384 e. The van der Waals surface area contributed by atoms with Crippen LogP contribution in [0.4, 0.5) is 5.82 Å². The quantitative estimate of drug-likeness (QED) is 0.434. The molecule has 0 aliphatic carbocycles. The second-order valence-corrected chi connectivity index (χ2v) is 6.22. The molecule has 7 heteroatoms. The van der Waals surface area contributed by atoms with Crippen molar-refractivity contribution < 1.29 is 4.52 Å². The third kappa shape index (κ3) is 3.61. The molecule has 0 spiro atoms. The number of nitrogens with zero attached hydrogens (tertiary/aromatic N) is 3. The van der Waals surface area contributed by atoms with Gasteiger partial charge in [-0.15, -0.1) is 11.8 Å². The van der Waals surface area contributed by atoms with E-state index in [1.807, 2.05) is 42.7 Å². The topological polar surface area (TPSA) is 77.8 Å². The summed E-state index contributed by atoms with van der Waals surface area (Å²) in [7, 11) is 0. The van der Waals surface area contributed by atoms with Gasteiger partial charge in [-0.2, -0.15) is 0 Å². The minimum Gasteiger partial charge on any atom is -0.384 e. The number of nitrogen functional groups attached to an aromatic ring is 1. The van der Waals surface area contributed by atoms with E-state index in [0.717, 1.165) is 22.0 Å². The number of hydrogen-bond acceptors (Lipinski definition) is 7. The van der Waals surface area contributed by atoms with Crippen molar-refractivity contribution in [3.63, 3.8) is 0 Å². The highest BCUT2D eigenvalue weighted by Crippen LogP contribution is 2.25. The number of thioether (sulfide) groups is 2. The van der Waals surface area contributed by atoms with E-state index in [-0.39, 0.29) is 0 Å². The fraction of sp³-hybridized carbons (Fsp3) is 0.133. The van der Waals surface area contributed by atoms with Crippen molar-refractivity contribution in [3.05, 3.63) is 48.2 Å². The lowest BCUT2D eigenvalue weighted by atomic mass is 10.2. The number of hydrogen-bond donors (Lipinski definition) is 1. The van der Waals surface area contributed by atoms with Crippen molar-refractivity contribution in [1.82, 2.24) is 15.1 Å². The molecular weight excluding hydrogens is 316 g/mol. The molecule has 0 fully saturated rings. The van der Waals surface area contributed by atoms with Crippen LogP contribution in [0.2, 0.25) is 0 Å². The molecule has 0 atom stereocenters. The second-order valence-electron chi connectivity index (χ2n) is 4.45. The Hall–Kier alpha value is -1.99. The molecule has 2 aromatic heterocycles. The number of anilines is 1. The molecule has 0 aliphatic rings. The number of benzene rings is 1. The fourth-order valence-electron chi connectivity index (χ4n) is 1.85. The van der Waals surface area contributed by atoms with Crippen LogP contribution >= 0.6 is 23.5 Å². The van der Waals surface area contributed by atoms with E-state index in [4.69, 9.17) is 10.3 Å². The third-order valence-electron chi connectivity index (χ3n) is 2.88. The second kappa shape index (κ2) is 6.85. The average Bonchev–Trinajstić information content (AvgIpc) is 3.02. The lowest BCUT2D eigenvalue weighted by molar-refractivity contribution is 0.426. The van der Waals surface area contributed by atoms with Crippen LogP contribution in [0.1, 0.15) is 5.69 Å². The maximum Gasteiger partial charge on any atom is 0.190 e. The summed E-state index contributed by atoms with van der Waals surface area (Å²) in [6, 6.07) is 13.6. The summed E-state index contributed by atoms with van der Waals surface area (Å²) in [4.78, 5) is 8.63. The van der Waals surface area contributed by atoms with Gasteiger partial charge in [-0.1, -0.05) is 47.3 Å². The predicted octanol–water partition coefficient (Wildman–Crippen LogP) is 3.73. The fourth-order valence-corrected chi connectivity index (χ4v) is 3.07. The Morgan fingerprint density at radius 3 is 2.73 bits per heavy atom. The zero-order valence-corrected chi connectivity index (χ0v) is 13.5. The van der Waals surface area contributed by atoms with E-state index in [1.54, 1.807) is 17.8 Å². The van der Waals surface area contributed by atoms with Crippen LogP contribution in [0.5, 0.6) is 0 Å². The summed E-state index contributed by atoms with van der Waals surface area (Å²) in [5.74, 6) is 1.87.